The summed E-state index contributed by atoms with van der Waals surface area (Å²) in [7, 11) is 0. The molecular formula is C34H64N2O3. The SMILES string of the molecule is C=C(C)CCC(C)(C)OCCC(C)(C)OCCN(C(=O)CC)C1CCN(C(=C)C(C)(C)C(C)(C)C(C)C)CC1. The molecule has 1 heterocycles. The first kappa shape index (κ1) is 35.7. The van der Waals surface area contributed by atoms with E-state index in [1.54, 1.807) is 0 Å². The zero-order chi connectivity index (χ0) is 30.2. The molecule has 5 nitrogen and oxygen atoms in total. The van der Waals surface area contributed by atoms with E-state index in [4.69, 9.17) is 9.47 Å². The number of ether oxygens (including phenoxy) is 2. The van der Waals surface area contributed by atoms with Crippen LogP contribution in [0.15, 0.2) is 24.4 Å². The number of hydrogen-bond acceptors (Lipinski definition) is 4. The van der Waals surface area contributed by atoms with E-state index in [1.165, 1.54) is 11.3 Å². The molecule has 1 aliphatic heterocycles. The van der Waals surface area contributed by atoms with Crippen molar-refractivity contribution in [3.8, 4) is 0 Å². The predicted molar refractivity (Wildman–Crippen MR) is 167 cm³/mol. The van der Waals surface area contributed by atoms with Gasteiger partial charge in [0.05, 0.1) is 24.4 Å². The lowest BCUT2D eigenvalue weighted by Crippen LogP contribution is -2.51. The Morgan fingerprint density at radius 3 is 1.92 bits per heavy atom. The highest BCUT2D eigenvalue weighted by Gasteiger charge is 2.43. The minimum Gasteiger partial charge on any atom is -0.375 e. The van der Waals surface area contributed by atoms with Gasteiger partial charge < -0.3 is 19.3 Å². The fourth-order valence-electron chi connectivity index (χ4n) is 5.30. The number of carbonyl (C=O) groups is 1. The monoisotopic (exact) mass is 548 g/mol. The standard InChI is InChI=1S/C34H64N2O3/c1-15-30(37)36(23-25-39-32(9,10)20-24-38-31(7,8)19-16-26(2)3)29-17-21-35(22-18-29)28(6)34(13,14)33(11,12)27(4)5/h27,29H,2,6,15-25H2,1,3-5,7-14H3. The lowest BCUT2D eigenvalue weighted by atomic mass is 9.60. The third-order valence-electron chi connectivity index (χ3n) is 9.86. The lowest BCUT2D eigenvalue weighted by Gasteiger charge is -2.51. The summed E-state index contributed by atoms with van der Waals surface area (Å²) in [6.07, 6.45) is 5.23. The second kappa shape index (κ2) is 14.5. The van der Waals surface area contributed by atoms with E-state index < -0.39 is 0 Å². The number of piperidine rings is 1. The summed E-state index contributed by atoms with van der Waals surface area (Å²) in [6, 6.07) is 0.256. The maximum Gasteiger partial charge on any atom is 0.222 e. The summed E-state index contributed by atoms with van der Waals surface area (Å²) in [5.74, 6) is 0.779. The third-order valence-corrected chi connectivity index (χ3v) is 9.86. The molecule has 0 saturated carbocycles. The molecule has 1 saturated heterocycles. The van der Waals surface area contributed by atoms with Gasteiger partial charge in [0.1, 0.15) is 0 Å². The number of allylic oxidation sites excluding steroid dienone is 2. The van der Waals surface area contributed by atoms with Crippen LogP contribution in [0.4, 0.5) is 0 Å². The molecule has 0 aromatic carbocycles. The first-order valence-electron chi connectivity index (χ1n) is 15.4. The molecule has 0 aliphatic carbocycles. The maximum atomic E-state index is 13.0. The molecular weight excluding hydrogens is 484 g/mol. The quantitative estimate of drug-likeness (QED) is 0.172. The molecule has 1 amide bonds. The molecule has 1 aliphatic rings. The van der Waals surface area contributed by atoms with Crippen molar-refractivity contribution in [2.24, 2.45) is 16.7 Å². The minimum absolute atomic E-state index is 0.00409. The van der Waals surface area contributed by atoms with E-state index in [2.05, 4.69) is 99.1 Å². The number of nitrogens with zero attached hydrogens (tertiary/aromatic N) is 2. The Labute approximate surface area is 242 Å². The Morgan fingerprint density at radius 1 is 0.923 bits per heavy atom. The van der Waals surface area contributed by atoms with Gasteiger partial charge >= 0.3 is 0 Å². The Hall–Kier alpha value is -1.33. The topological polar surface area (TPSA) is 42.0 Å². The van der Waals surface area contributed by atoms with Gasteiger partial charge in [-0.2, -0.15) is 0 Å². The first-order chi connectivity index (χ1) is 17.8. The number of rotatable bonds is 17. The molecule has 1 rings (SSSR count). The molecule has 5 heteroatoms. The van der Waals surface area contributed by atoms with Crippen LogP contribution >= 0.6 is 0 Å². The van der Waals surface area contributed by atoms with Crippen molar-refractivity contribution < 1.29 is 14.3 Å². The van der Waals surface area contributed by atoms with Crippen LogP contribution in [0.1, 0.15) is 122 Å². The Kier molecular flexibility index (Phi) is 13.3. The molecule has 0 atom stereocenters. The van der Waals surface area contributed by atoms with Gasteiger partial charge in [-0.05, 0) is 78.1 Å². The second-order valence-electron chi connectivity index (χ2n) is 14.5. The zero-order valence-electron chi connectivity index (χ0n) is 28.0. The molecule has 0 aromatic rings. The van der Waals surface area contributed by atoms with Crippen LogP contribution in [-0.2, 0) is 14.3 Å². The smallest absolute Gasteiger partial charge is 0.222 e. The van der Waals surface area contributed by atoms with Crippen molar-refractivity contribution in [3.63, 3.8) is 0 Å². The predicted octanol–water partition coefficient (Wildman–Crippen LogP) is 8.25. The van der Waals surface area contributed by atoms with Gasteiger partial charge in [0.25, 0.3) is 0 Å². The van der Waals surface area contributed by atoms with Crippen molar-refractivity contribution in [2.45, 2.75) is 139 Å². The van der Waals surface area contributed by atoms with Crippen molar-refractivity contribution in [1.82, 2.24) is 9.80 Å². The van der Waals surface area contributed by atoms with E-state index >= 15 is 0 Å². The Balaban J connectivity index is 2.65. The highest BCUT2D eigenvalue weighted by molar-refractivity contribution is 5.76. The van der Waals surface area contributed by atoms with Crippen LogP contribution in [0.3, 0.4) is 0 Å². The van der Waals surface area contributed by atoms with Crippen LogP contribution in [0.5, 0.6) is 0 Å². The van der Waals surface area contributed by atoms with Crippen LogP contribution < -0.4 is 0 Å². The molecule has 0 spiro atoms. The van der Waals surface area contributed by atoms with Crippen molar-refractivity contribution in [1.29, 1.82) is 0 Å². The summed E-state index contributed by atoms with van der Waals surface area (Å²) in [5, 5.41) is 0. The van der Waals surface area contributed by atoms with E-state index in [0.29, 0.717) is 32.1 Å². The van der Waals surface area contributed by atoms with E-state index in [-0.39, 0.29) is 34.0 Å². The van der Waals surface area contributed by atoms with Crippen LogP contribution in [0.25, 0.3) is 0 Å². The van der Waals surface area contributed by atoms with Crippen molar-refractivity contribution in [2.75, 3.05) is 32.8 Å². The summed E-state index contributed by atoms with van der Waals surface area (Å²) >= 11 is 0. The van der Waals surface area contributed by atoms with Gasteiger partial charge in [0.2, 0.25) is 5.91 Å². The van der Waals surface area contributed by atoms with E-state index in [1.807, 2.05) is 6.92 Å². The summed E-state index contributed by atoms with van der Waals surface area (Å²) < 4.78 is 12.5. The Morgan fingerprint density at radius 2 is 1.44 bits per heavy atom. The molecule has 0 bridgehead atoms. The van der Waals surface area contributed by atoms with E-state index in [9.17, 15) is 4.79 Å². The average Bonchev–Trinajstić information content (AvgIpc) is 2.84. The number of carbonyl (C=O) groups excluding carboxylic acids is 1. The van der Waals surface area contributed by atoms with Crippen LogP contribution in [0.2, 0.25) is 0 Å². The highest BCUT2D eigenvalue weighted by Crippen LogP contribution is 2.49. The largest absolute Gasteiger partial charge is 0.375 e. The van der Waals surface area contributed by atoms with Crippen LogP contribution in [0, 0.1) is 16.7 Å². The molecule has 39 heavy (non-hydrogen) atoms. The molecule has 0 aromatic heterocycles. The number of likely N-dealkylation sites (tertiary alicyclic amines) is 1. The molecule has 0 radical (unpaired) electrons. The summed E-state index contributed by atoms with van der Waals surface area (Å²) in [5.41, 5.74) is 2.08. The number of amides is 1. The van der Waals surface area contributed by atoms with E-state index in [0.717, 1.165) is 45.2 Å². The van der Waals surface area contributed by atoms with Crippen LogP contribution in [-0.4, -0.2) is 65.8 Å². The van der Waals surface area contributed by atoms with Gasteiger partial charge in [0.15, 0.2) is 0 Å². The molecule has 0 unspecified atom stereocenters. The molecule has 1 fully saturated rings. The Bertz CT molecular complexity index is 801. The zero-order valence-corrected chi connectivity index (χ0v) is 28.0. The molecule has 228 valence electrons. The van der Waals surface area contributed by atoms with Gasteiger partial charge in [-0.1, -0.05) is 60.6 Å². The number of hydrogen-bond donors (Lipinski definition) is 0. The fourth-order valence-corrected chi connectivity index (χ4v) is 5.30. The van der Waals surface area contributed by atoms with Gasteiger partial charge in [-0.15, -0.1) is 6.58 Å². The fraction of sp³-hybridized carbons (Fsp3) is 0.853. The average molecular weight is 549 g/mol. The van der Waals surface area contributed by atoms with Gasteiger partial charge in [-0.3, -0.25) is 4.79 Å². The second-order valence-corrected chi connectivity index (χ2v) is 14.5. The van der Waals surface area contributed by atoms with Crippen molar-refractivity contribution in [3.05, 3.63) is 24.4 Å². The first-order valence-corrected chi connectivity index (χ1v) is 15.4. The molecule has 0 N–H and O–H groups in total. The van der Waals surface area contributed by atoms with Gasteiger partial charge in [0, 0.05) is 43.2 Å². The lowest BCUT2D eigenvalue weighted by molar-refractivity contribution is -0.137. The highest BCUT2D eigenvalue weighted by atomic mass is 16.5. The van der Waals surface area contributed by atoms with Gasteiger partial charge in [-0.25, -0.2) is 0 Å². The van der Waals surface area contributed by atoms with Crippen molar-refractivity contribution >= 4 is 5.91 Å². The summed E-state index contributed by atoms with van der Waals surface area (Å²) in [6.45, 7) is 38.8. The third kappa shape index (κ3) is 10.5. The maximum absolute atomic E-state index is 13.0. The minimum atomic E-state index is -0.304. The normalized spacial score (nSPS) is 16.1. The summed E-state index contributed by atoms with van der Waals surface area (Å²) in [4.78, 5) is 17.5.